The molecule has 0 N–H and O–H groups in total. The summed E-state index contributed by atoms with van der Waals surface area (Å²) in [6, 6.07) is 0. The Hall–Kier alpha value is -1.32. The van der Waals surface area contributed by atoms with E-state index in [2.05, 4.69) is 39.4 Å². The fraction of sp³-hybridized carbons (Fsp3) is 0.750. The van der Waals surface area contributed by atoms with E-state index in [1.807, 2.05) is 0 Å². The summed E-state index contributed by atoms with van der Waals surface area (Å²) in [6.07, 6.45) is 1.74. The van der Waals surface area contributed by atoms with E-state index in [0.29, 0.717) is 11.8 Å². The molecule has 0 radical (unpaired) electrons. The molecular weight excluding hydrogens is 256 g/mol. The molecule has 0 amide bonds. The van der Waals surface area contributed by atoms with Crippen LogP contribution in [0.3, 0.4) is 0 Å². The van der Waals surface area contributed by atoms with Crippen LogP contribution in [0.1, 0.15) is 54.4 Å². The quantitative estimate of drug-likeness (QED) is 0.408. The lowest BCUT2D eigenvalue weighted by molar-refractivity contribution is -0.167. The summed E-state index contributed by atoms with van der Waals surface area (Å²) in [5.41, 5.74) is 2.81. The number of carbonyl (C=O) groups excluding carboxylic acids is 2. The van der Waals surface area contributed by atoms with Gasteiger partial charge in [-0.1, -0.05) is 31.9 Å². The summed E-state index contributed by atoms with van der Waals surface area (Å²) in [4.78, 5) is 22.3. The minimum atomic E-state index is -0.910. The fourth-order valence-corrected chi connectivity index (χ4v) is 2.10. The van der Waals surface area contributed by atoms with Crippen molar-refractivity contribution in [2.75, 3.05) is 13.2 Å². The minimum Gasteiger partial charge on any atom is -0.458 e. The molecule has 0 heterocycles. The van der Waals surface area contributed by atoms with E-state index in [4.69, 9.17) is 4.74 Å². The Morgan fingerprint density at radius 2 is 1.55 bits per heavy atom. The van der Waals surface area contributed by atoms with Gasteiger partial charge >= 0.3 is 11.9 Å². The van der Waals surface area contributed by atoms with Crippen molar-refractivity contribution in [2.24, 2.45) is 11.8 Å². The fourth-order valence-electron chi connectivity index (χ4n) is 2.10. The predicted molar refractivity (Wildman–Crippen MR) is 79.2 cm³/mol. The Labute approximate surface area is 122 Å². The molecule has 0 saturated carbocycles. The average Bonchev–Trinajstić information content (AvgIpc) is 2.35. The van der Waals surface area contributed by atoms with Crippen LogP contribution < -0.4 is 0 Å². The topological polar surface area (TPSA) is 52.6 Å². The molecule has 0 spiro atoms. The number of ether oxygens (including phenoxy) is 2. The molecule has 0 aromatic rings. The summed E-state index contributed by atoms with van der Waals surface area (Å²) in [7, 11) is 0. The Balaban J connectivity index is 4.12. The van der Waals surface area contributed by atoms with Crippen molar-refractivity contribution in [1.82, 2.24) is 0 Å². The first kappa shape index (κ1) is 18.7. The van der Waals surface area contributed by atoms with E-state index in [1.165, 1.54) is 11.1 Å². The van der Waals surface area contributed by atoms with Crippen LogP contribution in [0.25, 0.3) is 0 Å². The highest BCUT2D eigenvalue weighted by molar-refractivity contribution is 6.29. The lowest BCUT2D eigenvalue weighted by Gasteiger charge is -2.18. The van der Waals surface area contributed by atoms with Gasteiger partial charge in [0.2, 0.25) is 0 Å². The number of carbonyl (C=O) groups is 2. The first-order chi connectivity index (χ1) is 9.29. The minimum absolute atomic E-state index is 0.183. The average molecular weight is 284 g/mol. The van der Waals surface area contributed by atoms with Crippen molar-refractivity contribution in [2.45, 2.75) is 54.4 Å². The van der Waals surface area contributed by atoms with Crippen molar-refractivity contribution in [1.29, 1.82) is 0 Å². The zero-order valence-corrected chi connectivity index (χ0v) is 13.6. The molecule has 20 heavy (non-hydrogen) atoms. The van der Waals surface area contributed by atoms with Crippen LogP contribution in [-0.2, 0) is 19.1 Å². The van der Waals surface area contributed by atoms with E-state index < -0.39 is 11.9 Å². The molecule has 4 heteroatoms. The largest absolute Gasteiger partial charge is 0.458 e. The molecule has 0 aromatic heterocycles. The number of rotatable bonds is 7. The van der Waals surface area contributed by atoms with Gasteiger partial charge in [0.05, 0.1) is 13.2 Å². The van der Waals surface area contributed by atoms with Gasteiger partial charge in [-0.05, 0) is 45.4 Å². The second-order valence-corrected chi connectivity index (χ2v) is 5.63. The van der Waals surface area contributed by atoms with Gasteiger partial charge < -0.3 is 9.47 Å². The second-order valence-electron chi connectivity index (χ2n) is 5.63. The lowest BCUT2D eigenvalue weighted by Crippen LogP contribution is -2.21. The second kappa shape index (κ2) is 9.56. The molecule has 0 bridgehead atoms. The molecule has 0 rings (SSSR count). The van der Waals surface area contributed by atoms with Gasteiger partial charge in [0, 0.05) is 0 Å². The molecule has 0 fully saturated rings. The highest BCUT2D eigenvalue weighted by Crippen LogP contribution is 2.24. The van der Waals surface area contributed by atoms with Gasteiger partial charge in [-0.3, -0.25) is 0 Å². The Morgan fingerprint density at radius 1 is 1.00 bits per heavy atom. The third kappa shape index (κ3) is 7.31. The van der Waals surface area contributed by atoms with E-state index >= 15 is 0 Å². The Kier molecular flexibility index (Phi) is 8.93. The molecule has 4 nitrogen and oxygen atoms in total. The van der Waals surface area contributed by atoms with Crippen molar-refractivity contribution < 1.29 is 19.1 Å². The van der Waals surface area contributed by atoms with Crippen LogP contribution in [0, 0.1) is 11.8 Å². The zero-order chi connectivity index (χ0) is 15.7. The first-order valence-corrected chi connectivity index (χ1v) is 7.29. The number of allylic oxidation sites excluding steroid dienone is 2. The van der Waals surface area contributed by atoms with Gasteiger partial charge in [-0.15, -0.1) is 0 Å². The first-order valence-electron chi connectivity index (χ1n) is 7.29. The highest BCUT2D eigenvalue weighted by Gasteiger charge is 2.17. The van der Waals surface area contributed by atoms with Crippen molar-refractivity contribution in [3.63, 3.8) is 0 Å². The summed E-state index contributed by atoms with van der Waals surface area (Å²) >= 11 is 0. The molecule has 0 aromatic carbocycles. The molecule has 1 unspecified atom stereocenters. The lowest BCUT2D eigenvalue weighted by atomic mass is 9.89. The van der Waals surface area contributed by atoms with Crippen LogP contribution in [0.15, 0.2) is 11.1 Å². The van der Waals surface area contributed by atoms with Crippen LogP contribution in [0.5, 0.6) is 0 Å². The smallest absolute Gasteiger partial charge is 0.417 e. The third-order valence-corrected chi connectivity index (χ3v) is 3.19. The van der Waals surface area contributed by atoms with Crippen LogP contribution in [-0.4, -0.2) is 25.2 Å². The number of hydrogen-bond acceptors (Lipinski definition) is 4. The molecule has 0 aliphatic carbocycles. The molecule has 0 aliphatic heterocycles. The number of esters is 2. The maximum Gasteiger partial charge on any atom is 0.417 e. The zero-order valence-electron chi connectivity index (χ0n) is 13.6. The van der Waals surface area contributed by atoms with Crippen LogP contribution in [0.4, 0.5) is 0 Å². The van der Waals surface area contributed by atoms with E-state index in [0.717, 1.165) is 12.8 Å². The van der Waals surface area contributed by atoms with Gasteiger partial charge in [0.15, 0.2) is 0 Å². The van der Waals surface area contributed by atoms with Crippen LogP contribution >= 0.6 is 0 Å². The monoisotopic (exact) mass is 284 g/mol. The van der Waals surface area contributed by atoms with Gasteiger partial charge in [-0.2, -0.15) is 0 Å². The Morgan fingerprint density at radius 3 is 2.00 bits per heavy atom. The van der Waals surface area contributed by atoms with Crippen LogP contribution in [0.2, 0.25) is 0 Å². The van der Waals surface area contributed by atoms with Gasteiger partial charge in [0.1, 0.15) is 0 Å². The van der Waals surface area contributed by atoms with Crippen molar-refractivity contribution >= 4 is 11.9 Å². The van der Waals surface area contributed by atoms with Gasteiger partial charge in [-0.25, -0.2) is 9.59 Å². The molecule has 0 saturated heterocycles. The van der Waals surface area contributed by atoms with E-state index in [9.17, 15) is 9.59 Å². The number of hydrogen-bond donors (Lipinski definition) is 0. The highest BCUT2D eigenvalue weighted by atomic mass is 16.6. The standard InChI is InChI=1S/C16H28O4/c1-7-19-15(17)16(18)20-9-8-13(6)10-14(11(2)3)12(4)5/h11,13H,7-10H2,1-6H3. The normalized spacial score (nSPS) is 11.9. The van der Waals surface area contributed by atoms with Crippen molar-refractivity contribution in [3.8, 4) is 0 Å². The van der Waals surface area contributed by atoms with Crippen molar-refractivity contribution in [3.05, 3.63) is 11.1 Å². The molecule has 0 aliphatic rings. The predicted octanol–water partition coefficient (Wildman–Crippen LogP) is 3.50. The third-order valence-electron chi connectivity index (χ3n) is 3.19. The van der Waals surface area contributed by atoms with E-state index in [-0.39, 0.29) is 13.2 Å². The molecular formula is C16H28O4. The SMILES string of the molecule is CCOC(=O)C(=O)OCCC(C)CC(=C(C)C)C(C)C. The summed E-state index contributed by atoms with van der Waals surface area (Å²) in [6.45, 7) is 12.9. The maximum atomic E-state index is 11.2. The summed E-state index contributed by atoms with van der Waals surface area (Å²) in [5.74, 6) is -0.862. The molecule has 116 valence electrons. The van der Waals surface area contributed by atoms with E-state index in [1.54, 1.807) is 6.92 Å². The summed E-state index contributed by atoms with van der Waals surface area (Å²) in [5, 5.41) is 0. The van der Waals surface area contributed by atoms with Gasteiger partial charge in [0.25, 0.3) is 0 Å². The maximum absolute atomic E-state index is 11.2. The molecule has 1 atom stereocenters. The Bertz CT molecular complexity index is 351. The summed E-state index contributed by atoms with van der Waals surface area (Å²) < 4.78 is 9.47.